The van der Waals surface area contributed by atoms with Crippen molar-refractivity contribution in [1.29, 1.82) is 0 Å². The highest BCUT2D eigenvalue weighted by Gasteiger charge is 1.82. The maximum atomic E-state index is 3.60. The molecule has 0 aliphatic rings. The van der Waals surface area contributed by atoms with E-state index in [1.807, 2.05) is 18.2 Å². The SMILES string of the molecule is C=C/C=C/C=C/C=C/CCCCCC. The van der Waals surface area contributed by atoms with Gasteiger partial charge in [-0.1, -0.05) is 75.3 Å². The van der Waals surface area contributed by atoms with E-state index in [0.29, 0.717) is 0 Å². The molecule has 0 heterocycles. The van der Waals surface area contributed by atoms with Crippen LogP contribution in [-0.4, -0.2) is 0 Å². The van der Waals surface area contributed by atoms with Gasteiger partial charge in [0.1, 0.15) is 0 Å². The molecule has 0 heteroatoms. The third-order valence-corrected chi connectivity index (χ3v) is 1.94. The minimum atomic E-state index is 1.20. The van der Waals surface area contributed by atoms with Gasteiger partial charge in [0, 0.05) is 0 Å². The van der Waals surface area contributed by atoms with Crippen LogP contribution in [0.1, 0.15) is 39.0 Å². The minimum absolute atomic E-state index is 1.20. The van der Waals surface area contributed by atoms with Crippen molar-refractivity contribution in [3.8, 4) is 0 Å². The minimum Gasteiger partial charge on any atom is -0.0991 e. The summed E-state index contributed by atoms with van der Waals surface area (Å²) in [4.78, 5) is 0. The Labute approximate surface area is 88.7 Å². The Kier molecular flexibility index (Phi) is 11.1. The largest absolute Gasteiger partial charge is 0.0991 e. The highest BCUT2D eigenvalue weighted by Crippen LogP contribution is 2.02. The summed E-state index contributed by atoms with van der Waals surface area (Å²) >= 11 is 0. The van der Waals surface area contributed by atoms with Crippen molar-refractivity contribution in [2.24, 2.45) is 0 Å². The molecular weight excluding hydrogens is 168 g/mol. The zero-order valence-corrected chi connectivity index (χ0v) is 9.28. The number of hydrogen-bond acceptors (Lipinski definition) is 0. The second-order valence-electron chi connectivity index (χ2n) is 3.28. The Balaban J connectivity index is 3.30. The van der Waals surface area contributed by atoms with Gasteiger partial charge in [0.05, 0.1) is 0 Å². The normalized spacial score (nSPS) is 12.1. The fraction of sp³-hybridized carbons (Fsp3) is 0.429. The molecule has 0 aromatic carbocycles. The summed E-state index contributed by atoms with van der Waals surface area (Å²) in [5.41, 5.74) is 0. The fourth-order valence-electron chi connectivity index (χ4n) is 1.13. The number of rotatable bonds is 8. The Morgan fingerprint density at radius 3 is 2.29 bits per heavy atom. The average Bonchev–Trinajstić information content (AvgIpc) is 2.21. The molecule has 0 N–H and O–H groups in total. The smallest absolute Gasteiger partial charge is 0.0348 e. The van der Waals surface area contributed by atoms with Gasteiger partial charge in [0.15, 0.2) is 0 Å². The first-order valence-electron chi connectivity index (χ1n) is 5.52. The molecular formula is C14H22. The van der Waals surface area contributed by atoms with E-state index in [4.69, 9.17) is 0 Å². The van der Waals surface area contributed by atoms with Gasteiger partial charge in [-0.2, -0.15) is 0 Å². The van der Waals surface area contributed by atoms with E-state index in [0.717, 1.165) is 0 Å². The quantitative estimate of drug-likeness (QED) is 0.380. The van der Waals surface area contributed by atoms with Gasteiger partial charge in [-0.3, -0.25) is 0 Å². The fourth-order valence-corrected chi connectivity index (χ4v) is 1.13. The summed E-state index contributed by atoms with van der Waals surface area (Å²) in [6.45, 7) is 5.84. The molecule has 0 aromatic heterocycles. The molecule has 0 rings (SSSR count). The van der Waals surface area contributed by atoms with Gasteiger partial charge in [-0.25, -0.2) is 0 Å². The Morgan fingerprint density at radius 2 is 1.57 bits per heavy atom. The molecule has 78 valence electrons. The monoisotopic (exact) mass is 190 g/mol. The van der Waals surface area contributed by atoms with Crippen LogP contribution in [0.2, 0.25) is 0 Å². The molecule has 0 saturated carbocycles. The van der Waals surface area contributed by atoms with Crippen LogP contribution in [0, 0.1) is 0 Å². The van der Waals surface area contributed by atoms with Crippen LogP contribution in [-0.2, 0) is 0 Å². The summed E-state index contributed by atoms with van der Waals surface area (Å²) in [6.07, 6.45) is 20.7. The second-order valence-corrected chi connectivity index (χ2v) is 3.28. The van der Waals surface area contributed by atoms with Gasteiger partial charge in [0.2, 0.25) is 0 Å². The van der Waals surface area contributed by atoms with E-state index < -0.39 is 0 Å². The van der Waals surface area contributed by atoms with Gasteiger partial charge < -0.3 is 0 Å². The van der Waals surface area contributed by atoms with Gasteiger partial charge in [-0.05, 0) is 12.8 Å². The molecule has 0 unspecified atom stereocenters. The molecule has 0 spiro atoms. The second kappa shape index (κ2) is 12.0. The molecule has 0 radical (unpaired) electrons. The third kappa shape index (κ3) is 11.0. The molecule has 0 atom stereocenters. The van der Waals surface area contributed by atoms with Gasteiger partial charge >= 0.3 is 0 Å². The summed E-state index contributed by atoms with van der Waals surface area (Å²) < 4.78 is 0. The summed E-state index contributed by atoms with van der Waals surface area (Å²) in [7, 11) is 0. The maximum absolute atomic E-state index is 3.60. The lowest BCUT2D eigenvalue weighted by Crippen LogP contribution is -1.72. The van der Waals surface area contributed by atoms with Crippen LogP contribution in [0.5, 0.6) is 0 Å². The Morgan fingerprint density at radius 1 is 0.857 bits per heavy atom. The predicted molar refractivity (Wildman–Crippen MR) is 66.4 cm³/mol. The third-order valence-electron chi connectivity index (χ3n) is 1.94. The van der Waals surface area contributed by atoms with Crippen molar-refractivity contribution in [2.45, 2.75) is 39.0 Å². The van der Waals surface area contributed by atoms with Crippen molar-refractivity contribution in [3.63, 3.8) is 0 Å². The lowest BCUT2D eigenvalue weighted by molar-refractivity contribution is 0.674. The molecule has 0 saturated heterocycles. The van der Waals surface area contributed by atoms with E-state index >= 15 is 0 Å². The lowest BCUT2D eigenvalue weighted by atomic mass is 10.1. The van der Waals surface area contributed by atoms with E-state index in [-0.39, 0.29) is 0 Å². The number of unbranched alkanes of at least 4 members (excludes halogenated alkanes) is 4. The van der Waals surface area contributed by atoms with E-state index in [1.165, 1.54) is 32.1 Å². The number of allylic oxidation sites excluding steroid dienone is 7. The number of hydrogen-bond donors (Lipinski definition) is 0. The van der Waals surface area contributed by atoms with Crippen molar-refractivity contribution < 1.29 is 0 Å². The molecule has 0 nitrogen and oxygen atoms in total. The Hall–Kier alpha value is -1.04. The highest BCUT2D eigenvalue weighted by molar-refractivity contribution is 5.14. The standard InChI is InChI=1S/C14H22/c1-3-5-7-9-11-13-14-12-10-8-6-4-2/h3,5,7,9,11,13-14H,1,4,6,8,10,12H2,2H3/b7-5+,11-9+,14-13+. The van der Waals surface area contributed by atoms with E-state index in [1.54, 1.807) is 6.08 Å². The predicted octanol–water partition coefficient (Wildman–Crippen LogP) is 4.81. The lowest BCUT2D eigenvalue weighted by Gasteiger charge is -1.92. The van der Waals surface area contributed by atoms with Gasteiger partial charge in [0.25, 0.3) is 0 Å². The summed E-state index contributed by atoms with van der Waals surface area (Å²) in [5.74, 6) is 0. The van der Waals surface area contributed by atoms with Crippen LogP contribution < -0.4 is 0 Å². The topological polar surface area (TPSA) is 0 Å². The molecule has 0 bridgehead atoms. The first-order chi connectivity index (χ1) is 6.91. The zero-order valence-electron chi connectivity index (χ0n) is 9.28. The molecule has 14 heavy (non-hydrogen) atoms. The van der Waals surface area contributed by atoms with Crippen LogP contribution in [0.3, 0.4) is 0 Å². The molecule has 0 amide bonds. The van der Waals surface area contributed by atoms with Crippen molar-refractivity contribution in [1.82, 2.24) is 0 Å². The maximum Gasteiger partial charge on any atom is -0.0348 e. The summed E-state index contributed by atoms with van der Waals surface area (Å²) in [6, 6.07) is 0. The zero-order chi connectivity index (χ0) is 10.5. The van der Waals surface area contributed by atoms with Gasteiger partial charge in [-0.15, -0.1) is 0 Å². The van der Waals surface area contributed by atoms with Crippen molar-refractivity contribution in [3.05, 3.63) is 49.1 Å². The van der Waals surface area contributed by atoms with Crippen LogP contribution in [0.4, 0.5) is 0 Å². The molecule has 0 aromatic rings. The molecule has 0 fully saturated rings. The van der Waals surface area contributed by atoms with Crippen LogP contribution in [0.25, 0.3) is 0 Å². The molecule has 0 aliphatic carbocycles. The van der Waals surface area contributed by atoms with E-state index in [9.17, 15) is 0 Å². The molecule has 0 aliphatic heterocycles. The van der Waals surface area contributed by atoms with Crippen LogP contribution >= 0.6 is 0 Å². The van der Waals surface area contributed by atoms with E-state index in [2.05, 4.69) is 31.7 Å². The van der Waals surface area contributed by atoms with Crippen molar-refractivity contribution >= 4 is 0 Å². The first-order valence-corrected chi connectivity index (χ1v) is 5.52. The highest BCUT2D eigenvalue weighted by atomic mass is 13.9. The van der Waals surface area contributed by atoms with Crippen molar-refractivity contribution in [2.75, 3.05) is 0 Å². The first kappa shape index (κ1) is 13.0. The Bertz CT molecular complexity index is 194. The van der Waals surface area contributed by atoms with Crippen LogP contribution in [0.15, 0.2) is 49.1 Å². The summed E-state index contributed by atoms with van der Waals surface area (Å²) in [5, 5.41) is 0. The average molecular weight is 190 g/mol.